The first kappa shape index (κ1) is 20.5. The third-order valence-corrected chi connectivity index (χ3v) is 5.38. The molecule has 1 saturated heterocycles. The SMILES string of the molecule is CCC1(c2ccc(OC)c(C)c2)NC(=O)N(CC(=O)c2ccc(F)c(C)c2)C1=O. The van der Waals surface area contributed by atoms with Gasteiger partial charge in [-0.25, -0.2) is 9.18 Å². The maximum Gasteiger partial charge on any atom is 0.325 e. The summed E-state index contributed by atoms with van der Waals surface area (Å²) in [5.74, 6) is -0.664. The number of rotatable bonds is 6. The van der Waals surface area contributed by atoms with E-state index < -0.39 is 35.6 Å². The second-order valence-electron chi connectivity index (χ2n) is 7.15. The Morgan fingerprint density at radius 1 is 1.14 bits per heavy atom. The molecule has 29 heavy (non-hydrogen) atoms. The minimum Gasteiger partial charge on any atom is -0.496 e. The summed E-state index contributed by atoms with van der Waals surface area (Å²) in [4.78, 5) is 39.3. The maximum atomic E-state index is 13.5. The topological polar surface area (TPSA) is 75.7 Å². The molecule has 0 saturated carbocycles. The molecule has 3 amide bonds. The summed E-state index contributed by atoms with van der Waals surface area (Å²) in [6, 6.07) is 8.62. The predicted octanol–water partition coefficient (Wildman–Crippen LogP) is 3.49. The Morgan fingerprint density at radius 3 is 2.45 bits per heavy atom. The molecule has 2 aromatic rings. The van der Waals surface area contributed by atoms with Crippen molar-refractivity contribution in [1.29, 1.82) is 0 Å². The smallest absolute Gasteiger partial charge is 0.325 e. The molecule has 3 rings (SSSR count). The maximum absolute atomic E-state index is 13.5. The number of Topliss-reactive ketones (excluding diaryl/α,β-unsaturated/α-hetero) is 1. The van der Waals surface area contributed by atoms with Gasteiger partial charge in [0, 0.05) is 5.56 Å². The summed E-state index contributed by atoms with van der Waals surface area (Å²) in [7, 11) is 1.56. The molecule has 1 aliphatic rings. The number of aryl methyl sites for hydroxylation is 2. The van der Waals surface area contributed by atoms with Crippen molar-refractivity contribution in [3.05, 3.63) is 64.5 Å². The van der Waals surface area contributed by atoms with Crippen LogP contribution in [-0.2, 0) is 10.3 Å². The minimum absolute atomic E-state index is 0.249. The monoisotopic (exact) mass is 398 g/mol. The number of carbonyl (C=O) groups excluding carboxylic acids is 3. The molecule has 0 aliphatic carbocycles. The van der Waals surface area contributed by atoms with Gasteiger partial charge in [0.1, 0.15) is 17.1 Å². The number of hydrogen-bond acceptors (Lipinski definition) is 4. The van der Waals surface area contributed by atoms with E-state index in [0.717, 1.165) is 10.5 Å². The molecule has 1 atom stereocenters. The van der Waals surface area contributed by atoms with E-state index in [-0.39, 0.29) is 5.56 Å². The molecular weight excluding hydrogens is 375 g/mol. The number of urea groups is 1. The molecule has 1 N–H and O–H groups in total. The molecular formula is C22H23FN2O4. The highest BCUT2D eigenvalue weighted by atomic mass is 19.1. The van der Waals surface area contributed by atoms with Crippen molar-refractivity contribution in [2.24, 2.45) is 0 Å². The van der Waals surface area contributed by atoms with Gasteiger partial charge in [0.2, 0.25) is 0 Å². The van der Waals surface area contributed by atoms with Crippen LogP contribution in [0.15, 0.2) is 36.4 Å². The zero-order chi connectivity index (χ0) is 21.3. The third kappa shape index (κ3) is 3.48. The van der Waals surface area contributed by atoms with Gasteiger partial charge in [0.15, 0.2) is 5.78 Å². The lowest BCUT2D eigenvalue weighted by molar-refractivity contribution is -0.131. The molecule has 0 aromatic heterocycles. The van der Waals surface area contributed by atoms with Gasteiger partial charge in [0.05, 0.1) is 13.7 Å². The number of amides is 3. The quantitative estimate of drug-likeness (QED) is 0.597. The van der Waals surface area contributed by atoms with Crippen LogP contribution < -0.4 is 10.1 Å². The van der Waals surface area contributed by atoms with Crippen LogP contribution in [-0.4, -0.2) is 36.3 Å². The number of ether oxygens (including phenoxy) is 1. The van der Waals surface area contributed by atoms with E-state index in [0.29, 0.717) is 23.3 Å². The average Bonchev–Trinajstić information content (AvgIpc) is 2.95. The van der Waals surface area contributed by atoms with Gasteiger partial charge in [-0.3, -0.25) is 14.5 Å². The Kier molecular flexibility index (Phi) is 5.42. The highest BCUT2D eigenvalue weighted by molar-refractivity contribution is 6.11. The lowest BCUT2D eigenvalue weighted by atomic mass is 9.86. The van der Waals surface area contributed by atoms with Crippen LogP contribution in [0.25, 0.3) is 0 Å². The minimum atomic E-state index is -1.24. The van der Waals surface area contributed by atoms with Crippen molar-refractivity contribution < 1.29 is 23.5 Å². The van der Waals surface area contributed by atoms with Gasteiger partial charge in [-0.15, -0.1) is 0 Å². The first-order chi connectivity index (χ1) is 13.7. The van der Waals surface area contributed by atoms with E-state index in [1.165, 1.54) is 18.2 Å². The fourth-order valence-corrected chi connectivity index (χ4v) is 3.61. The molecule has 2 aromatic carbocycles. The molecule has 0 spiro atoms. The van der Waals surface area contributed by atoms with Crippen LogP contribution in [0.5, 0.6) is 5.75 Å². The summed E-state index contributed by atoms with van der Waals surface area (Å²) in [6.07, 6.45) is 0.323. The van der Waals surface area contributed by atoms with Crippen molar-refractivity contribution in [1.82, 2.24) is 10.2 Å². The third-order valence-electron chi connectivity index (χ3n) is 5.38. The number of halogens is 1. The highest BCUT2D eigenvalue weighted by Gasteiger charge is 2.51. The standard InChI is InChI=1S/C22H23FN2O4/c1-5-22(16-7-9-19(29-4)14(3)11-16)20(27)25(21(28)24-22)12-18(26)15-6-8-17(23)13(2)10-15/h6-11H,5,12H2,1-4H3,(H,24,28). The molecule has 1 fully saturated rings. The van der Waals surface area contributed by atoms with E-state index in [4.69, 9.17) is 4.74 Å². The molecule has 1 unspecified atom stereocenters. The Balaban J connectivity index is 1.90. The van der Waals surface area contributed by atoms with Crippen molar-refractivity contribution >= 4 is 17.7 Å². The first-order valence-corrected chi connectivity index (χ1v) is 9.32. The number of benzene rings is 2. The molecule has 6 nitrogen and oxygen atoms in total. The number of nitrogens with zero attached hydrogens (tertiary/aromatic N) is 1. The average molecular weight is 398 g/mol. The second-order valence-corrected chi connectivity index (χ2v) is 7.15. The molecule has 0 radical (unpaired) electrons. The van der Waals surface area contributed by atoms with Gasteiger partial charge in [-0.05, 0) is 67.3 Å². The molecule has 7 heteroatoms. The van der Waals surface area contributed by atoms with Crippen LogP contribution in [0.3, 0.4) is 0 Å². The van der Waals surface area contributed by atoms with Crippen LogP contribution >= 0.6 is 0 Å². The lowest BCUT2D eigenvalue weighted by Gasteiger charge is -2.26. The van der Waals surface area contributed by atoms with Crippen molar-refractivity contribution in [3.63, 3.8) is 0 Å². The summed E-state index contributed by atoms with van der Waals surface area (Å²) in [5, 5.41) is 2.76. The summed E-state index contributed by atoms with van der Waals surface area (Å²) in [6.45, 7) is 4.79. The summed E-state index contributed by atoms with van der Waals surface area (Å²) in [5.41, 5.74) is 0.788. The zero-order valence-corrected chi connectivity index (χ0v) is 16.8. The Labute approximate surface area is 168 Å². The Bertz CT molecular complexity index is 1000. The molecule has 1 heterocycles. The van der Waals surface area contributed by atoms with Crippen LogP contribution in [0.2, 0.25) is 0 Å². The van der Waals surface area contributed by atoms with E-state index in [9.17, 15) is 18.8 Å². The fourth-order valence-electron chi connectivity index (χ4n) is 3.61. The van der Waals surface area contributed by atoms with Crippen molar-refractivity contribution in [2.75, 3.05) is 13.7 Å². The van der Waals surface area contributed by atoms with Gasteiger partial charge in [-0.1, -0.05) is 13.0 Å². The van der Waals surface area contributed by atoms with Crippen LogP contribution in [0.1, 0.15) is 40.4 Å². The largest absolute Gasteiger partial charge is 0.496 e. The summed E-state index contributed by atoms with van der Waals surface area (Å²) < 4.78 is 18.7. The van der Waals surface area contributed by atoms with Gasteiger partial charge in [0.25, 0.3) is 5.91 Å². The first-order valence-electron chi connectivity index (χ1n) is 9.32. The number of ketones is 1. The normalized spacial score (nSPS) is 18.7. The Hall–Kier alpha value is -3.22. The number of methoxy groups -OCH3 is 1. The van der Waals surface area contributed by atoms with Crippen molar-refractivity contribution in [2.45, 2.75) is 32.7 Å². The van der Waals surface area contributed by atoms with Gasteiger partial charge in [-0.2, -0.15) is 0 Å². The van der Waals surface area contributed by atoms with Gasteiger partial charge < -0.3 is 10.1 Å². The van der Waals surface area contributed by atoms with E-state index >= 15 is 0 Å². The molecule has 152 valence electrons. The molecule has 0 bridgehead atoms. The fraction of sp³-hybridized carbons (Fsp3) is 0.318. The Morgan fingerprint density at radius 2 is 1.86 bits per heavy atom. The van der Waals surface area contributed by atoms with Crippen LogP contribution in [0.4, 0.5) is 9.18 Å². The lowest BCUT2D eigenvalue weighted by Crippen LogP contribution is -2.44. The molecule has 1 aliphatic heterocycles. The van der Waals surface area contributed by atoms with Crippen LogP contribution in [0, 0.1) is 19.7 Å². The van der Waals surface area contributed by atoms with E-state index in [1.807, 2.05) is 6.92 Å². The van der Waals surface area contributed by atoms with E-state index in [2.05, 4.69) is 5.32 Å². The highest BCUT2D eigenvalue weighted by Crippen LogP contribution is 2.34. The van der Waals surface area contributed by atoms with Crippen molar-refractivity contribution in [3.8, 4) is 5.75 Å². The number of carbonyl (C=O) groups is 3. The zero-order valence-electron chi connectivity index (χ0n) is 16.8. The second kappa shape index (κ2) is 7.66. The predicted molar refractivity (Wildman–Crippen MR) is 105 cm³/mol. The van der Waals surface area contributed by atoms with E-state index in [1.54, 1.807) is 39.2 Å². The number of nitrogens with one attached hydrogen (secondary N) is 1. The number of hydrogen-bond donors (Lipinski definition) is 1. The number of imide groups is 1. The van der Waals surface area contributed by atoms with Gasteiger partial charge >= 0.3 is 6.03 Å². The summed E-state index contributed by atoms with van der Waals surface area (Å²) >= 11 is 0.